The minimum atomic E-state index is -0.175. The Bertz CT molecular complexity index is 1440. The molecule has 204 valence electrons. The molecule has 1 aliphatic heterocycles. The van der Waals surface area contributed by atoms with Crippen LogP contribution in [0.4, 0.5) is 0 Å². The second kappa shape index (κ2) is 12.1. The third-order valence-electron chi connectivity index (χ3n) is 6.90. The zero-order valence-electron chi connectivity index (χ0n) is 21.9. The molecule has 1 fully saturated rings. The predicted octanol–water partition coefficient (Wildman–Crippen LogP) is 6.21. The van der Waals surface area contributed by atoms with E-state index in [2.05, 4.69) is 4.57 Å². The molecule has 0 aliphatic carbocycles. The van der Waals surface area contributed by atoms with Crippen LogP contribution in [0.25, 0.3) is 11.4 Å². The van der Waals surface area contributed by atoms with Gasteiger partial charge in [0.05, 0.1) is 47.3 Å². The molecular formula is C29H30ClN3O5S. The molecule has 39 heavy (non-hydrogen) atoms. The minimum absolute atomic E-state index is 0.0493. The molecule has 0 N–H and O–H groups in total. The summed E-state index contributed by atoms with van der Waals surface area (Å²) in [6, 6.07) is 13.0. The monoisotopic (exact) mass is 567 g/mol. The molecule has 10 heteroatoms. The van der Waals surface area contributed by atoms with Crippen molar-refractivity contribution in [2.24, 2.45) is 5.92 Å². The number of carbonyl (C=O) groups excluding carboxylic acids is 2. The predicted molar refractivity (Wildman–Crippen MR) is 149 cm³/mol. The summed E-state index contributed by atoms with van der Waals surface area (Å²) in [6.07, 6.45) is 2.84. The number of likely N-dealkylation sites (tertiary alicyclic amines) is 1. The molecule has 5 rings (SSSR count). The van der Waals surface area contributed by atoms with Gasteiger partial charge in [-0.1, -0.05) is 23.7 Å². The molecule has 3 aromatic heterocycles. The molecular weight excluding hydrogens is 538 g/mol. The summed E-state index contributed by atoms with van der Waals surface area (Å²) in [5.74, 6) is 1.00. The van der Waals surface area contributed by atoms with E-state index < -0.39 is 0 Å². The standard InChI is InChI=1S/C29H30ClN3O5S/c1-3-36-29(35)20-10-12-32(13-11-20)28(34)22-15-25(33(19(22)2)16-21-7-6-14-37-21)24-18-39-27(31-24)17-38-26-9-5-4-8-23(26)30/h4-9,14-15,18,20H,3,10-13,16-17H2,1-2H3. The Kier molecular flexibility index (Phi) is 8.38. The number of esters is 1. The molecule has 0 atom stereocenters. The average molecular weight is 568 g/mol. The number of benzene rings is 1. The van der Waals surface area contributed by atoms with Crippen LogP contribution in [0.15, 0.2) is 58.5 Å². The molecule has 0 bridgehead atoms. The maximum absolute atomic E-state index is 13.6. The van der Waals surface area contributed by atoms with Crippen LogP contribution in [0.1, 0.15) is 46.6 Å². The zero-order valence-corrected chi connectivity index (χ0v) is 23.5. The first-order valence-corrected chi connectivity index (χ1v) is 14.2. The van der Waals surface area contributed by atoms with Crippen molar-refractivity contribution in [3.8, 4) is 17.1 Å². The van der Waals surface area contributed by atoms with Gasteiger partial charge in [0.1, 0.15) is 23.1 Å². The number of hydrogen-bond donors (Lipinski definition) is 0. The highest BCUT2D eigenvalue weighted by molar-refractivity contribution is 7.09. The number of para-hydroxylation sites is 1. The number of thiazole rings is 1. The number of ether oxygens (including phenoxy) is 2. The van der Waals surface area contributed by atoms with Gasteiger partial charge in [0.2, 0.25) is 0 Å². The van der Waals surface area contributed by atoms with E-state index in [-0.39, 0.29) is 24.4 Å². The fourth-order valence-electron chi connectivity index (χ4n) is 4.78. The number of rotatable bonds is 9. The SMILES string of the molecule is CCOC(=O)C1CCN(C(=O)c2cc(-c3csc(COc4ccccc4Cl)n3)n(Cc3ccco3)c2C)CC1. The Hall–Kier alpha value is -3.56. The number of hydrogen-bond acceptors (Lipinski definition) is 7. The molecule has 4 heterocycles. The summed E-state index contributed by atoms with van der Waals surface area (Å²) in [7, 11) is 0. The lowest BCUT2D eigenvalue weighted by atomic mass is 9.96. The third kappa shape index (κ3) is 6.04. The normalized spacial score (nSPS) is 14.0. The summed E-state index contributed by atoms with van der Waals surface area (Å²) in [6.45, 7) is 5.90. The lowest BCUT2D eigenvalue weighted by molar-refractivity contribution is -0.149. The summed E-state index contributed by atoms with van der Waals surface area (Å²) >= 11 is 7.71. The van der Waals surface area contributed by atoms with E-state index >= 15 is 0 Å². The molecule has 1 amide bonds. The lowest BCUT2D eigenvalue weighted by Crippen LogP contribution is -2.40. The number of amides is 1. The number of halogens is 1. The number of nitrogens with zero attached hydrogens (tertiary/aromatic N) is 3. The van der Waals surface area contributed by atoms with Crippen molar-refractivity contribution >= 4 is 34.8 Å². The van der Waals surface area contributed by atoms with Gasteiger partial charge in [-0.05, 0) is 57.0 Å². The van der Waals surface area contributed by atoms with Crippen LogP contribution in [0.5, 0.6) is 5.75 Å². The first kappa shape index (κ1) is 27.0. The Labute approximate surface area is 236 Å². The maximum atomic E-state index is 13.6. The van der Waals surface area contributed by atoms with E-state index in [1.807, 2.05) is 60.5 Å². The molecule has 1 aliphatic rings. The van der Waals surface area contributed by atoms with Gasteiger partial charge in [-0.3, -0.25) is 9.59 Å². The van der Waals surface area contributed by atoms with Gasteiger partial charge < -0.3 is 23.4 Å². The average Bonchev–Trinajstić information content (AvgIpc) is 3.70. The summed E-state index contributed by atoms with van der Waals surface area (Å²) < 4.78 is 18.7. The van der Waals surface area contributed by atoms with Crippen LogP contribution in [-0.4, -0.2) is 46.0 Å². The molecule has 1 saturated heterocycles. The first-order valence-electron chi connectivity index (χ1n) is 12.9. The Balaban J connectivity index is 1.37. The van der Waals surface area contributed by atoms with Crippen LogP contribution in [0.3, 0.4) is 0 Å². The van der Waals surface area contributed by atoms with Crippen molar-refractivity contribution in [1.29, 1.82) is 0 Å². The van der Waals surface area contributed by atoms with Crippen molar-refractivity contribution in [2.45, 2.75) is 39.8 Å². The molecule has 0 unspecified atom stereocenters. The Morgan fingerprint density at radius 2 is 1.97 bits per heavy atom. The minimum Gasteiger partial charge on any atom is -0.485 e. The molecule has 0 spiro atoms. The van der Waals surface area contributed by atoms with Gasteiger partial charge in [0.25, 0.3) is 5.91 Å². The van der Waals surface area contributed by atoms with E-state index in [1.165, 1.54) is 11.3 Å². The van der Waals surface area contributed by atoms with Crippen molar-refractivity contribution in [1.82, 2.24) is 14.5 Å². The molecule has 4 aromatic rings. The first-order chi connectivity index (χ1) is 18.9. The van der Waals surface area contributed by atoms with Crippen LogP contribution in [0.2, 0.25) is 5.02 Å². The zero-order chi connectivity index (χ0) is 27.4. The van der Waals surface area contributed by atoms with Crippen molar-refractivity contribution in [2.75, 3.05) is 19.7 Å². The summed E-state index contributed by atoms with van der Waals surface area (Å²) in [5, 5.41) is 3.31. The van der Waals surface area contributed by atoms with E-state index in [0.29, 0.717) is 55.4 Å². The number of aromatic nitrogens is 2. The fourth-order valence-corrected chi connectivity index (χ4v) is 5.67. The van der Waals surface area contributed by atoms with E-state index in [9.17, 15) is 9.59 Å². The summed E-state index contributed by atoms with van der Waals surface area (Å²) in [4.78, 5) is 32.4. The van der Waals surface area contributed by atoms with E-state index in [0.717, 1.165) is 27.8 Å². The Morgan fingerprint density at radius 1 is 1.18 bits per heavy atom. The van der Waals surface area contributed by atoms with Crippen LogP contribution < -0.4 is 4.74 Å². The van der Waals surface area contributed by atoms with Gasteiger partial charge >= 0.3 is 5.97 Å². The fraction of sp³-hybridized carbons (Fsp3) is 0.345. The lowest BCUT2D eigenvalue weighted by Gasteiger charge is -2.31. The number of carbonyl (C=O) groups is 2. The molecule has 8 nitrogen and oxygen atoms in total. The quantitative estimate of drug-likeness (QED) is 0.224. The van der Waals surface area contributed by atoms with E-state index in [4.69, 9.17) is 30.5 Å². The van der Waals surface area contributed by atoms with Crippen molar-refractivity contribution < 1.29 is 23.5 Å². The van der Waals surface area contributed by atoms with Crippen LogP contribution in [-0.2, 0) is 22.7 Å². The van der Waals surface area contributed by atoms with Crippen molar-refractivity contribution in [3.63, 3.8) is 0 Å². The van der Waals surface area contributed by atoms with Gasteiger partial charge in [0.15, 0.2) is 0 Å². The largest absolute Gasteiger partial charge is 0.485 e. The number of furan rings is 1. The number of piperidine rings is 1. The van der Waals surface area contributed by atoms with Gasteiger partial charge in [0, 0.05) is 24.2 Å². The van der Waals surface area contributed by atoms with Gasteiger partial charge in [-0.25, -0.2) is 4.98 Å². The third-order valence-corrected chi connectivity index (χ3v) is 8.03. The molecule has 1 aromatic carbocycles. The molecule has 0 radical (unpaired) electrons. The van der Waals surface area contributed by atoms with E-state index in [1.54, 1.807) is 12.3 Å². The summed E-state index contributed by atoms with van der Waals surface area (Å²) in [5.41, 5.74) is 3.04. The topological polar surface area (TPSA) is 86.8 Å². The van der Waals surface area contributed by atoms with Crippen LogP contribution in [0, 0.1) is 12.8 Å². The highest BCUT2D eigenvalue weighted by atomic mass is 35.5. The van der Waals surface area contributed by atoms with Gasteiger partial charge in [-0.15, -0.1) is 11.3 Å². The Morgan fingerprint density at radius 3 is 2.69 bits per heavy atom. The highest BCUT2D eigenvalue weighted by Gasteiger charge is 2.31. The highest BCUT2D eigenvalue weighted by Crippen LogP contribution is 2.31. The van der Waals surface area contributed by atoms with Crippen LogP contribution >= 0.6 is 22.9 Å². The van der Waals surface area contributed by atoms with Gasteiger partial charge in [-0.2, -0.15) is 0 Å². The maximum Gasteiger partial charge on any atom is 0.309 e. The smallest absolute Gasteiger partial charge is 0.309 e. The second-order valence-corrected chi connectivity index (χ2v) is 10.7. The second-order valence-electron chi connectivity index (χ2n) is 9.36. The van der Waals surface area contributed by atoms with Crippen molar-refractivity contribution in [3.05, 3.63) is 81.2 Å². The molecule has 0 saturated carbocycles.